The topological polar surface area (TPSA) is 41.5 Å². The fraction of sp³-hybridized carbons (Fsp3) is 0.625. The standard InChI is InChI=1S/C16H25NO2/c1-10-8-13(11(2)12(3)14(10)19-5)15(17-4)16(9-18)6-7-16/h8,15,17-18H,6-7,9H2,1-5H3. The first-order chi connectivity index (χ1) is 9.00. The molecular weight excluding hydrogens is 238 g/mol. The van der Waals surface area contributed by atoms with Gasteiger partial charge in [0.1, 0.15) is 5.75 Å². The van der Waals surface area contributed by atoms with Crippen molar-refractivity contribution in [1.29, 1.82) is 0 Å². The van der Waals surface area contributed by atoms with E-state index >= 15 is 0 Å². The van der Waals surface area contributed by atoms with Gasteiger partial charge in [-0.15, -0.1) is 0 Å². The lowest BCUT2D eigenvalue weighted by Crippen LogP contribution is -2.30. The lowest BCUT2D eigenvalue weighted by atomic mass is 9.85. The summed E-state index contributed by atoms with van der Waals surface area (Å²) in [5.41, 5.74) is 4.96. The average Bonchev–Trinajstić information content (AvgIpc) is 3.18. The lowest BCUT2D eigenvalue weighted by molar-refractivity contribution is 0.175. The van der Waals surface area contributed by atoms with Crippen LogP contribution in [-0.4, -0.2) is 25.9 Å². The van der Waals surface area contributed by atoms with Crippen molar-refractivity contribution in [3.8, 4) is 5.75 Å². The summed E-state index contributed by atoms with van der Waals surface area (Å²) in [5.74, 6) is 0.977. The van der Waals surface area contributed by atoms with Crippen LogP contribution in [-0.2, 0) is 0 Å². The Bertz CT molecular complexity index is 478. The number of aryl methyl sites for hydroxylation is 1. The second kappa shape index (κ2) is 5.14. The third-order valence-corrected chi connectivity index (χ3v) is 4.69. The van der Waals surface area contributed by atoms with E-state index in [1.807, 2.05) is 7.05 Å². The molecule has 0 aromatic heterocycles. The predicted molar refractivity (Wildman–Crippen MR) is 77.8 cm³/mol. The summed E-state index contributed by atoms with van der Waals surface area (Å²) >= 11 is 0. The molecule has 106 valence electrons. The molecule has 1 saturated carbocycles. The van der Waals surface area contributed by atoms with Gasteiger partial charge in [0.15, 0.2) is 0 Å². The Morgan fingerprint density at radius 2 is 1.95 bits per heavy atom. The molecule has 0 saturated heterocycles. The molecule has 19 heavy (non-hydrogen) atoms. The SMILES string of the molecule is CNC(c1cc(C)c(OC)c(C)c1C)C1(CO)CC1. The van der Waals surface area contributed by atoms with Gasteiger partial charge < -0.3 is 15.2 Å². The molecule has 2 N–H and O–H groups in total. The molecule has 1 aromatic rings. The zero-order valence-corrected chi connectivity index (χ0v) is 12.6. The summed E-state index contributed by atoms with van der Waals surface area (Å²) in [6.07, 6.45) is 2.19. The van der Waals surface area contributed by atoms with Crippen LogP contribution in [0.25, 0.3) is 0 Å². The van der Waals surface area contributed by atoms with E-state index in [1.54, 1.807) is 7.11 Å². The maximum atomic E-state index is 9.68. The number of aliphatic hydroxyl groups excluding tert-OH is 1. The highest BCUT2D eigenvalue weighted by atomic mass is 16.5. The fourth-order valence-electron chi connectivity index (χ4n) is 3.19. The highest BCUT2D eigenvalue weighted by Crippen LogP contribution is 2.55. The number of rotatable bonds is 5. The quantitative estimate of drug-likeness (QED) is 0.858. The van der Waals surface area contributed by atoms with Crippen molar-refractivity contribution in [1.82, 2.24) is 5.32 Å². The number of aliphatic hydroxyl groups is 1. The summed E-state index contributed by atoms with van der Waals surface area (Å²) < 4.78 is 5.48. The lowest BCUT2D eigenvalue weighted by Gasteiger charge is -2.28. The second-order valence-corrected chi connectivity index (χ2v) is 5.81. The monoisotopic (exact) mass is 263 g/mol. The van der Waals surface area contributed by atoms with Gasteiger partial charge >= 0.3 is 0 Å². The van der Waals surface area contributed by atoms with Gasteiger partial charge in [-0.2, -0.15) is 0 Å². The van der Waals surface area contributed by atoms with Crippen molar-refractivity contribution in [3.05, 3.63) is 28.3 Å². The molecule has 3 nitrogen and oxygen atoms in total. The van der Waals surface area contributed by atoms with Crippen LogP contribution in [0.5, 0.6) is 5.75 Å². The molecule has 0 heterocycles. The Labute approximate surface area is 116 Å². The Morgan fingerprint density at radius 1 is 1.32 bits per heavy atom. The highest BCUT2D eigenvalue weighted by Gasteiger charge is 2.49. The van der Waals surface area contributed by atoms with E-state index < -0.39 is 0 Å². The maximum Gasteiger partial charge on any atom is 0.124 e. The maximum absolute atomic E-state index is 9.68. The summed E-state index contributed by atoms with van der Waals surface area (Å²) in [6.45, 7) is 6.59. The van der Waals surface area contributed by atoms with Gasteiger partial charge in [-0.25, -0.2) is 0 Å². The number of hydrogen-bond donors (Lipinski definition) is 2. The normalized spacial score (nSPS) is 18.2. The molecular formula is C16H25NO2. The van der Waals surface area contributed by atoms with Gasteiger partial charge in [-0.1, -0.05) is 6.07 Å². The zero-order valence-electron chi connectivity index (χ0n) is 12.6. The summed E-state index contributed by atoms with van der Waals surface area (Å²) in [5, 5.41) is 13.1. The van der Waals surface area contributed by atoms with E-state index in [0.29, 0.717) is 0 Å². The van der Waals surface area contributed by atoms with Gasteiger partial charge in [-0.05, 0) is 62.9 Å². The van der Waals surface area contributed by atoms with Crippen molar-refractivity contribution in [2.24, 2.45) is 5.41 Å². The Kier molecular flexibility index (Phi) is 3.88. The molecule has 3 heteroatoms. The fourth-order valence-corrected chi connectivity index (χ4v) is 3.19. The highest BCUT2D eigenvalue weighted by molar-refractivity contribution is 5.50. The molecule has 0 radical (unpaired) electrons. The minimum absolute atomic E-state index is 0.0347. The van der Waals surface area contributed by atoms with Crippen LogP contribution in [0, 0.1) is 26.2 Å². The molecule has 0 spiro atoms. The van der Waals surface area contributed by atoms with E-state index in [1.165, 1.54) is 16.7 Å². The van der Waals surface area contributed by atoms with E-state index in [2.05, 4.69) is 32.2 Å². The van der Waals surface area contributed by atoms with Gasteiger partial charge in [0, 0.05) is 11.5 Å². The van der Waals surface area contributed by atoms with Gasteiger partial charge in [0.25, 0.3) is 0 Å². The molecule has 0 bridgehead atoms. The Morgan fingerprint density at radius 3 is 2.37 bits per heavy atom. The van der Waals surface area contributed by atoms with Crippen molar-refractivity contribution >= 4 is 0 Å². The largest absolute Gasteiger partial charge is 0.496 e. The molecule has 0 amide bonds. The molecule has 1 aliphatic rings. The van der Waals surface area contributed by atoms with Crippen LogP contribution in [0.3, 0.4) is 0 Å². The van der Waals surface area contributed by atoms with Gasteiger partial charge in [0.2, 0.25) is 0 Å². The Balaban J connectivity index is 2.50. The van der Waals surface area contributed by atoms with Crippen LogP contribution in [0.15, 0.2) is 6.07 Å². The molecule has 2 rings (SSSR count). The van der Waals surface area contributed by atoms with Crippen molar-refractivity contribution < 1.29 is 9.84 Å². The van der Waals surface area contributed by atoms with E-state index in [4.69, 9.17) is 4.74 Å². The first-order valence-electron chi connectivity index (χ1n) is 6.93. The van der Waals surface area contributed by atoms with E-state index in [0.717, 1.165) is 24.2 Å². The first kappa shape index (κ1) is 14.4. The third-order valence-electron chi connectivity index (χ3n) is 4.69. The minimum atomic E-state index is 0.0347. The van der Waals surface area contributed by atoms with Crippen LogP contribution in [0.2, 0.25) is 0 Å². The van der Waals surface area contributed by atoms with Crippen molar-refractivity contribution in [2.75, 3.05) is 20.8 Å². The van der Waals surface area contributed by atoms with Crippen LogP contribution >= 0.6 is 0 Å². The Hall–Kier alpha value is -1.06. The second-order valence-electron chi connectivity index (χ2n) is 5.81. The number of hydrogen-bond acceptors (Lipinski definition) is 3. The van der Waals surface area contributed by atoms with Gasteiger partial charge in [0.05, 0.1) is 13.7 Å². The molecule has 1 atom stereocenters. The predicted octanol–water partition coefficient (Wildman–Crippen LogP) is 2.65. The number of methoxy groups -OCH3 is 1. The summed E-state index contributed by atoms with van der Waals surface area (Å²) in [7, 11) is 3.70. The summed E-state index contributed by atoms with van der Waals surface area (Å²) in [4.78, 5) is 0. The zero-order chi connectivity index (χ0) is 14.2. The van der Waals surface area contributed by atoms with E-state index in [-0.39, 0.29) is 18.1 Å². The molecule has 1 aliphatic carbocycles. The van der Waals surface area contributed by atoms with Crippen molar-refractivity contribution in [3.63, 3.8) is 0 Å². The number of benzene rings is 1. The van der Waals surface area contributed by atoms with Crippen LogP contribution in [0.1, 0.15) is 41.1 Å². The number of nitrogens with one attached hydrogen (secondary N) is 1. The molecule has 1 unspecified atom stereocenters. The minimum Gasteiger partial charge on any atom is -0.496 e. The molecule has 0 aliphatic heterocycles. The van der Waals surface area contributed by atoms with Crippen LogP contribution < -0.4 is 10.1 Å². The van der Waals surface area contributed by atoms with E-state index in [9.17, 15) is 5.11 Å². The molecule has 1 fully saturated rings. The first-order valence-corrected chi connectivity index (χ1v) is 6.93. The molecule has 1 aromatic carbocycles. The number of ether oxygens (including phenoxy) is 1. The van der Waals surface area contributed by atoms with Gasteiger partial charge in [-0.3, -0.25) is 0 Å². The summed E-state index contributed by atoms with van der Waals surface area (Å²) in [6, 6.07) is 2.43. The van der Waals surface area contributed by atoms with Crippen molar-refractivity contribution in [2.45, 2.75) is 39.7 Å². The average molecular weight is 263 g/mol. The van der Waals surface area contributed by atoms with Crippen LogP contribution in [0.4, 0.5) is 0 Å². The smallest absolute Gasteiger partial charge is 0.124 e. The third kappa shape index (κ3) is 2.26.